The van der Waals surface area contributed by atoms with E-state index >= 15 is 0 Å². The highest BCUT2D eigenvalue weighted by atomic mass is 35.5. The van der Waals surface area contributed by atoms with Gasteiger partial charge in [-0.1, -0.05) is 98.6 Å². The Balaban J connectivity index is 1.73. The van der Waals surface area contributed by atoms with Crippen LogP contribution in [0.3, 0.4) is 0 Å². The fourth-order valence-electron chi connectivity index (χ4n) is 3.47. The van der Waals surface area contributed by atoms with Crippen molar-refractivity contribution in [1.29, 1.82) is 0 Å². The smallest absolute Gasteiger partial charge is 0.265 e. The number of unbranched alkanes of at least 4 members (excludes halogenated alkanes) is 6. The van der Waals surface area contributed by atoms with Crippen molar-refractivity contribution in [3.63, 3.8) is 0 Å². The predicted octanol–water partition coefficient (Wildman–Crippen LogP) is 8.22. The summed E-state index contributed by atoms with van der Waals surface area (Å²) in [5.41, 5.74) is 1.81. The largest absolute Gasteiger partial charge is 0.307 e. The zero-order valence-electron chi connectivity index (χ0n) is 16.8. The molecule has 2 nitrogen and oxygen atoms in total. The lowest BCUT2D eigenvalue weighted by Gasteiger charge is -2.30. The molecule has 29 heavy (non-hydrogen) atoms. The zero-order chi connectivity index (χ0) is 20.6. The maximum absolute atomic E-state index is 13.2. The van der Waals surface area contributed by atoms with Gasteiger partial charge in [-0.25, -0.2) is 0 Å². The number of nitrogens with zero attached hydrogens (tertiary/aromatic N) is 1. The van der Waals surface area contributed by atoms with Gasteiger partial charge >= 0.3 is 0 Å². The number of rotatable bonds is 9. The van der Waals surface area contributed by atoms with Gasteiger partial charge in [0.15, 0.2) is 0 Å². The van der Waals surface area contributed by atoms with Crippen molar-refractivity contribution in [2.24, 2.45) is 0 Å². The summed E-state index contributed by atoms with van der Waals surface area (Å²) in [4.78, 5) is 17.0. The molecule has 1 amide bonds. The molecule has 2 aromatic rings. The molecular weight excluding hydrogens is 421 g/mol. The van der Waals surface area contributed by atoms with Crippen LogP contribution in [0.5, 0.6) is 0 Å². The maximum atomic E-state index is 13.2. The van der Waals surface area contributed by atoms with E-state index in [1.54, 1.807) is 12.1 Å². The molecule has 5 heteroatoms. The molecule has 0 saturated carbocycles. The van der Waals surface area contributed by atoms with Crippen LogP contribution in [0, 0.1) is 0 Å². The summed E-state index contributed by atoms with van der Waals surface area (Å²) in [6, 6.07) is 13.5. The van der Waals surface area contributed by atoms with E-state index in [2.05, 4.69) is 13.0 Å². The molecule has 0 unspecified atom stereocenters. The third-order valence-electron chi connectivity index (χ3n) is 5.07. The number of thioether (sulfide) groups is 1. The van der Waals surface area contributed by atoms with E-state index in [-0.39, 0.29) is 5.91 Å². The molecule has 0 saturated heterocycles. The van der Waals surface area contributed by atoms with Crippen molar-refractivity contribution >= 4 is 52.6 Å². The van der Waals surface area contributed by atoms with E-state index in [0.29, 0.717) is 15.0 Å². The van der Waals surface area contributed by atoms with Crippen LogP contribution in [0.4, 0.5) is 5.69 Å². The number of halogens is 2. The minimum absolute atomic E-state index is 0.0469. The quantitative estimate of drug-likeness (QED) is 0.284. The standard InChI is InChI=1S/C24H27Cl2NOS/c1-2-3-4-5-6-7-10-15-27-21-11-8-9-12-22(21)29-23(24(27)28)16-18-13-14-19(25)17-20(18)26/h8-9,11-14,16-17H,2-7,10,15H2,1H3/b23-16-. The number of amides is 1. The SMILES string of the molecule is CCCCCCCCCN1C(=O)/C(=C/c2ccc(Cl)cc2Cl)Sc2ccccc21. The summed E-state index contributed by atoms with van der Waals surface area (Å²) in [6.07, 6.45) is 10.5. The molecule has 0 N–H and O–H groups in total. The number of para-hydroxylation sites is 1. The normalized spacial score (nSPS) is 15.1. The van der Waals surface area contributed by atoms with Gasteiger partial charge in [0.1, 0.15) is 0 Å². The number of anilines is 1. The summed E-state index contributed by atoms with van der Waals surface area (Å²) < 4.78 is 0. The second-order valence-corrected chi connectivity index (χ2v) is 9.25. The van der Waals surface area contributed by atoms with Gasteiger partial charge in [-0.05, 0) is 42.3 Å². The summed E-state index contributed by atoms with van der Waals surface area (Å²) in [5, 5.41) is 1.14. The number of hydrogen-bond acceptors (Lipinski definition) is 2. The zero-order valence-corrected chi connectivity index (χ0v) is 19.1. The second-order valence-electron chi connectivity index (χ2n) is 7.32. The number of carbonyl (C=O) groups is 1. The highest BCUT2D eigenvalue weighted by Gasteiger charge is 2.28. The molecule has 0 fully saturated rings. The minimum atomic E-state index is 0.0469. The van der Waals surface area contributed by atoms with Crippen LogP contribution in [0.2, 0.25) is 10.0 Å². The average Bonchev–Trinajstić information content (AvgIpc) is 2.71. The third kappa shape index (κ3) is 6.04. The average molecular weight is 448 g/mol. The van der Waals surface area contributed by atoms with Gasteiger partial charge in [0, 0.05) is 21.5 Å². The van der Waals surface area contributed by atoms with Crippen molar-refractivity contribution in [2.75, 3.05) is 11.4 Å². The molecule has 0 aromatic heterocycles. The fraction of sp³-hybridized carbons (Fsp3) is 0.375. The van der Waals surface area contributed by atoms with Crippen molar-refractivity contribution in [2.45, 2.75) is 56.8 Å². The molecule has 1 aliphatic heterocycles. The molecule has 1 heterocycles. The molecule has 154 valence electrons. The molecule has 1 aliphatic rings. The summed E-state index contributed by atoms with van der Waals surface area (Å²) in [7, 11) is 0. The Hall–Kier alpha value is -1.42. The summed E-state index contributed by atoms with van der Waals surface area (Å²) in [6.45, 7) is 2.98. The van der Waals surface area contributed by atoms with Gasteiger partial charge < -0.3 is 4.90 Å². The van der Waals surface area contributed by atoms with Crippen molar-refractivity contribution in [1.82, 2.24) is 0 Å². The monoisotopic (exact) mass is 447 g/mol. The lowest BCUT2D eigenvalue weighted by Crippen LogP contribution is -2.35. The number of carbonyl (C=O) groups excluding carboxylic acids is 1. The van der Waals surface area contributed by atoms with E-state index < -0.39 is 0 Å². The van der Waals surface area contributed by atoms with E-state index in [1.807, 2.05) is 35.2 Å². The first-order valence-electron chi connectivity index (χ1n) is 10.4. The fourth-order valence-corrected chi connectivity index (χ4v) is 4.98. The Morgan fingerprint density at radius 1 is 0.966 bits per heavy atom. The van der Waals surface area contributed by atoms with E-state index in [0.717, 1.165) is 35.5 Å². The minimum Gasteiger partial charge on any atom is -0.307 e. The molecule has 0 radical (unpaired) electrons. The lowest BCUT2D eigenvalue weighted by molar-refractivity contribution is -0.114. The number of fused-ring (bicyclic) bond motifs is 1. The van der Waals surface area contributed by atoms with Crippen LogP contribution in [0.15, 0.2) is 52.3 Å². The summed E-state index contributed by atoms with van der Waals surface area (Å²) >= 11 is 13.8. The first-order chi connectivity index (χ1) is 14.1. The van der Waals surface area contributed by atoms with Crippen LogP contribution in [-0.2, 0) is 4.79 Å². The van der Waals surface area contributed by atoms with Crippen LogP contribution in [0.1, 0.15) is 57.4 Å². The highest BCUT2D eigenvalue weighted by Crippen LogP contribution is 2.42. The van der Waals surface area contributed by atoms with Crippen molar-refractivity contribution in [3.8, 4) is 0 Å². The highest BCUT2D eigenvalue weighted by molar-refractivity contribution is 8.04. The van der Waals surface area contributed by atoms with Crippen LogP contribution >= 0.6 is 35.0 Å². The van der Waals surface area contributed by atoms with E-state index in [1.165, 1.54) is 43.9 Å². The topological polar surface area (TPSA) is 20.3 Å². The maximum Gasteiger partial charge on any atom is 0.265 e. The molecular formula is C24H27Cl2NOS. The molecule has 3 rings (SSSR count). The molecule has 0 atom stereocenters. The van der Waals surface area contributed by atoms with Crippen molar-refractivity contribution < 1.29 is 4.79 Å². The Labute approximate surface area is 188 Å². The van der Waals surface area contributed by atoms with Gasteiger partial charge in [0.05, 0.1) is 10.6 Å². The number of benzene rings is 2. The first kappa shape index (κ1) is 22.3. The molecule has 0 aliphatic carbocycles. The predicted molar refractivity (Wildman–Crippen MR) is 127 cm³/mol. The summed E-state index contributed by atoms with van der Waals surface area (Å²) in [5.74, 6) is 0.0469. The van der Waals surface area contributed by atoms with Gasteiger partial charge in [-0.3, -0.25) is 4.79 Å². The first-order valence-corrected chi connectivity index (χ1v) is 11.9. The molecule has 2 aromatic carbocycles. The lowest BCUT2D eigenvalue weighted by atomic mass is 10.1. The Kier molecular flexibility index (Phi) is 8.53. The van der Waals surface area contributed by atoms with E-state index in [9.17, 15) is 4.79 Å². The van der Waals surface area contributed by atoms with Gasteiger partial charge in [-0.2, -0.15) is 0 Å². The van der Waals surface area contributed by atoms with Crippen LogP contribution in [-0.4, -0.2) is 12.5 Å². The van der Waals surface area contributed by atoms with Crippen molar-refractivity contribution in [3.05, 3.63) is 63.0 Å². The van der Waals surface area contributed by atoms with Gasteiger partial charge in [0.2, 0.25) is 0 Å². The molecule has 0 bridgehead atoms. The second kappa shape index (κ2) is 11.1. The van der Waals surface area contributed by atoms with Gasteiger partial charge in [-0.15, -0.1) is 0 Å². The third-order valence-corrected chi connectivity index (χ3v) is 6.71. The molecule has 0 spiro atoms. The number of hydrogen-bond donors (Lipinski definition) is 0. The van der Waals surface area contributed by atoms with Crippen LogP contribution < -0.4 is 4.90 Å². The Morgan fingerprint density at radius 2 is 1.69 bits per heavy atom. The Bertz CT molecular complexity index is 881. The Morgan fingerprint density at radius 3 is 2.45 bits per heavy atom. The van der Waals surface area contributed by atoms with Crippen LogP contribution in [0.25, 0.3) is 6.08 Å². The van der Waals surface area contributed by atoms with Gasteiger partial charge in [0.25, 0.3) is 5.91 Å². The van der Waals surface area contributed by atoms with E-state index in [4.69, 9.17) is 23.2 Å².